The molecule has 2 aromatic carbocycles. The van der Waals surface area contributed by atoms with Crippen LogP contribution in [-0.4, -0.2) is 178 Å². The molecule has 5 rings (SSSR count). The van der Waals surface area contributed by atoms with Crippen molar-refractivity contribution in [2.45, 2.75) is 185 Å². The minimum atomic E-state index is -1.91. The Morgan fingerprint density at radius 3 is 2.27 bits per heavy atom. The van der Waals surface area contributed by atoms with Crippen molar-refractivity contribution < 1.29 is 58.7 Å². The molecule has 0 unspecified atom stereocenters. The number of benzene rings is 2. The quantitative estimate of drug-likeness (QED) is 0.123. The Bertz CT molecular complexity index is 1920. The van der Waals surface area contributed by atoms with E-state index in [4.69, 9.17) is 40.6 Å². The maximum atomic E-state index is 14.6. The number of rotatable bonds is 11. The molecular formula is C50H82N4O12S. The number of carbonyl (C=O) groups is 1. The molecule has 3 aliphatic heterocycles. The Morgan fingerprint density at radius 2 is 1.61 bits per heavy atom. The van der Waals surface area contributed by atoms with Gasteiger partial charge in [0.05, 0.1) is 41.5 Å². The zero-order valence-electron chi connectivity index (χ0n) is 42.0. The Morgan fingerprint density at radius 1 is 0.940 bits per heavy atom. The van der Waals surface area contributed by atoms with E-state index < -0.39 is 96.0 Å². The van der Waals surface area contributed by atoms with Gasteiger partial charge in [0, 0.05) is 62.2 Å². The van der Waals surface area contributed by atoms with Crippen molar-refractivity contribution in [3.63, 3.8) is 0 Å². The van der Waals surface area contributed by atoms with Crippen molar-refractivity contribution >= 4 is 39.8 Å². The number of hydrogen-bond donors (Lipinski definition) is 7. The topological polar surface area (TPSA) is 204 Å². The number of carbonyl (C=O) groups excluding carboxylic acids is 1. The van der Waals surface area contributed by atoms with Crippen LogP contribution < -0.4 is 10.6 Å². The summed E-state index contributed by atoms with van der Waals surface area (Å²) < 4.78 is 38.2. The Kier molecular flexibility index (Phi) is 19.0. The molecule has 0 amide bonds. The number of aliphatic hydroxyl groups excluding tert-OH is 3. The number of fused-ring (bicyclic) bond motifs is 1. The molecule has 3 heterocycles. The van der Waals surface area contributed by atoms with Crippen molar-refractivity contribution in [3.8, 4) is 0 Å². The van der Waals surface area contributed by atoms with Crippen molar-refractivity contribution in [3.05, 3.63) is 42.5 Å². The number of likely N-dealkylation sites (N-methyl/N-ethyl adjacent to an activating group) is 1. The van der Waals surface area contributed by atoms with Gasteiger partial charge < -0.3 is 69.5 Å². The van der Waals surface area contributed by atoms with Crippen LogP contribution in [0.1, 0.15) is 94.9 Å². The lowest BCUT2D eigenvalue weighted by molar-refractivity contribution is -0.318. The maximum absolute atomic E-state index is 14.6. The highest BCUT2D eigenvalue weighted by Crippen LogP contribution is 2.40. The predicted molar refractivity (Wildman–Crippen MR) is 261 cm³/mol. The number of ether oxygens (including phenoxy) is 6. The summed E-state index contributed by atoms with van der Waals surface area (Å²) in [4.78, 5) is 18.5. The van der Waals surface area contributed by atoms with Gasteiger partial charge in [-0.3, -0.25) is 9.69 Å². The molecule has 67 heavy (non-hydrogen) atoms. The van der Waals surface area contributed by atoms with Crippen molar-refractivity contribution in [1.82, 2.24) is 15.1 Å². The van der Waals surface area contributed by atoms with Crippen LogP contribution >= 0.6 is 12.2 Å². The largest absolute Gasteiger partial charge is 0.459 e. The first kappa shape index (κ1) is 55.3. The van der Waals surface area contributed by atoms with Gasteiger partial charge in [-0.25, -0.2) is 0 Å². The Labute approximate surface area is 403 Å². The van der Waals surface area contributed by atoms with Gasteiger partial charge in [-0.2, -0.15) is 0 Å². The van der Waals surface area contributed by atoms with Gasteiger partial charge in [-0.05, 0) is 111 Å². The SMILES string of the molecule is CC[C@H]1OC(=O)[C@H](C)[C@@H](O[C@@H]2C[C@@](C)(OC)[C@@H](O)[C@H](C)O2)[C@H](C)[C@@H](O[C@@H]2O[C@H](C)C[C@H](N(C)C)[C@H]2O)[C@](C)(O)C[C@@H](C)CN(CCNC(=S)Nc2cccc3ccccc23)[C@H](C)[C@@H](O)[C@]1(C)O. The van der Waals surface area contributed by atoms with E-state index in [2.05, 4.69) is 10.6 Å². The minimum Gasteiger partial charge on any atom is -0.459 e. The summed E-state index contributed by atoms with van der Waals surface area (Å²) in [6.07, 6.45) is -8.90. The van der Waals surface area contributed by atoms with Crippen LogP contribution in [0.5, 0.6) is 0 Å². The number of anilines is 1. The second-order valence-corrected chi connectivity index (χ2v) is 21.0. The third-order valence-corrected chi connectivity index (χ3v) is 15.0. The molecule has 2 aromatic rings. The molecule has 0 saturated carbocycles. The molecule has 17 heteroatoms. The third kappa shape index (κ3) is 13.0. The van der Waals surface area contributed by atoms with Gasteiger partial charge in [0.2, 0.25) is 0 Å². The smallest absolute Gasteiger partial charge is 0.311 e. The summed E-state index contributed by atoms with van der Waals surface area (Å²) in [5, 5.41) is 69.2. The molecule has 18 atom stereocenters. The lowest BCUT2D eigenvalue weighted by atomic mass is 9.77. The number of nitrogens with zero attached hydrogens (tertiary/aromatic N) is 2. The van der Waals surface area contributed by atoms with E-state index in [1.54, 1.807) is 34.6 Å². The molecule has 16 nitrogen and oxygen atoms in total. The van der Waals surface area contributed by atoms with Crippen LogP contribution in [0.25, 0.3) is 10.8 Å². The third-order valence-electron chi connectivity index (χ3n) is 14.8. The van der Waals surface area contributed by atoms with Gasteiger partial charge >= 0.3 is 5.97 Å². The molecular weight excluding hydrogens is 881 g/mol. The second kappa shape index (κ2) is 23.1. The molecule has 0 bridgehead atoms. The van der Waals surface area contributed by atoms with E-state index in [9.17, 15) is 30.3 Å². The Balaban J connectivity index is 1.51. The molecule has 3 fully saturated rings. The van der Waals surface area contributed by atoms with Gasteiger partial charge in [-0.15, -0.1) is 0 Å². The fourth-order valence-electron chi connectivity index (χ4n) is 10.7. The first-order valence-corrected chi connectivity index (χ1v) is 24.5. The van der Waals surface area contributed by atoms with E-state index >= 15 is 0 Å². The molecule has 3 saturated heterocycles. The number of methoxy groups -OCH3 is 1. The van der Waals surface area contributed by atoms with Crippen molar-refractivity contribution in [2.24, 2.45) is 17.8 Å². The summed E-state index contributed by atoms with van der Waals surface area (Å²) in [6.45, 7) is 18.7. The lowest BCUT2D eigenvalue weighted by Gasteiger charge is -2.48. The van der Waals surface area contributed by atoms with Crippen molar-refractivity contribution in [1.29, 1.82) is 0 Å². The summed E-state index contributed by atoms with van der Waals surface area (Å²) >= 11 is 5.75. The number of aliphatic hydroxyl groups is 5. The molecule has 380 valence electrons. The molecule has 0 aromatic heterocycles. The van der Waals surface area contributed by atoms with Crippen LogP contribution in [0.3, 0.4) is 0 Å². The van der Waals surface area contributed by atoms with E-state index in [1.807, 2.05) is 94.1 Å². The minimum absolute atomic E-state index is 0.108. The van der Waals surface area contributed by atoms with Crippen LogP contribution in [0, 0.1) is 17.8 Å². The van der Waals surface area contributed by atoms with Gasteiger partial charge in [0.1, 0.15) is 30.0 Å². The second-order valence-electron chi connectivity index (χ2n) is 20.6. The van der Waals surface area contributed by atoms with E-state index in [1.165, 1.54) is 14.0 Å². The van der Waals surface area contributed by atoms with Crippen LogP contribution in [0.2, 0.25) is 0 Å². The predicted octanol–water partition coefficient (Wildman–Crippen LogP) is 4.41. The number of cyclic esters (lactones) is 1. The monoisotopic (exact) mass is 963 g/mol. The highest BCUT2D eigenvalue weighted by atomic mass is 32.1. The zero-order chi connectivity index (χ0) is 49.8. The maximum Gasteiger partial charge on any atom is 0.311 e. The summed E-state index contributed by atoms with van der Waals surface area (Å²) in [6, 6.07) is 13.0. The van der Waals surface area contributed by atoms with Gasteiger partial charge in [0.15, 0.2) is 17.7 Å². The molecule has 0 spiro atoms. The fraction of sp³-hybridized carbons (Fsp3) is 0.760. The number of nitrogens with one attached hydrogen (secondary N) is 2. The van der Waals surface area contributed by atoms with E-state index in [0.717, 1.165) is 16.5 Å². The molecule has 0 radical (unpaired) electrons. The number of thiocarbonyl (C=S) groups is 1. The van der Waals surface area contributed by atoms with Crippen LogP contribution in [0.15, 0.2) is 42.5 Å². The standard InChI is InChI=1S/C50H82N4O12S/c1-14-38-50(10,60)42(56)32(6)54(23-22-51-47(67)52-36-21-17-19-34-18-15-16-20-35(34)36)27-28(2)25-48(8,59)44(66-46-40(55)37(53(11)12)24-29(3)62-46)30(4)41(31(5)45(58)64-38)65-39-26-49(9,61-13)43(57)33(7)63-39/h15-21,28-33,37-44,46,55-57,59-60H,14,22-27H2,1-13H3,(H2,51,52,67)/t28-,29-,30+,31-,32-,33+,37+,38-,39-,40-,41+,42-,43+,44-,46+,48-,49-,50-/m1/s1. The van der Waals surface area contributed by atoms with Crippen LogP contribution in [-0.2, 0) is 33.2 Å². The van der Waals surface area contributed by atoms with Gasteiger partial charge in [-0.1, -0.05) is 57.2 Å². The highest BCUT2D eigenvalue weighted by molar-refractivity contribution is 7.80. The number of hydrogen-bond acceptors (Lipinski definition) is 15. The Hall–Kier alpha value is -2.62. The lowest BCUT2D eigenvalue weighted by Crippen LogP contribution is -2.60. The summed E-state index contributed by atoms with van der Waals surface area (Å²) in [5.74, 6) is -2.83. The normalized spacial score (nSPS) is 41.0. The van der Waals surface area contributed by atoms with E-state index in [-0.39, 0.29) is 37.3 Å². The highest BCUT2D eigenvalue weighted by Gasteiger charge is 2.53. The first-order valence-electron chi connectivity index (χ1n) is 24.1. The zero-order valence-corrected chi connectivity index (χ0v) is 42.9. The average molecular weight is 963 g/mol. The molecule has 3 aliphatic rings. The van der Waals surface area contributed by atoms with Crippen molar-refractivity contribution in [2.75, 3.05) is 46.2 Å². The molecule has 0 aliphatic carbocycles. The summed E-state index contributed by atoms with van der Waals surface area (Å²) in [5.41, 5.74) is -3.75. The summed E-state index contributed by atoms with van der Waals surface area (Å²) in [7, 11) is 5.28. The van der Waals surface area contributed by atoms with Crippen LogP contribution in [0.4, 0.5) is 5.69 Å². The first-order chi connectivity index (χ1) is 31.3. The molecule has 7 N–H and O–H groups in total. The number of esters is 1. The average Bonchev–Trinajstić information content (AvgIpc) is 3.27. The van der Waals surface area contributed by atoms with Gasteiger partial charge in [0.25, 0.3) is 0 Å². The fourth-order valence-corrected chi connectivity index (χ4v) is 10.9. The van der Waals surface area contributed by atoms with E-state index in [0.29, 0.717) is 31.2 Å².